The van der Waals surface area contributed by atoms with E-state index in [4.69, 9.17) is 24.4 Å². The predicted molar refractivity (Wildman–Crippen MR) is 234 cm³/mol. The maximum atomic E-state index is 11.1. The smallest absolute Gasteiger partial charge is 0.396 e. The maximum absolute atomic E-state index is 11.1. The van der Waals surface area contributed by atoms with Crippen LogP contribution in [0.4, 0.5) is 0 Å². The van der Waals surface area contributed by atoms with Crippen molar-refractivity contribution < 1.29 is 77.2 Å². The van der Waals surface area contributed by atoms with E-state index < -0.39 is 41.3 Å². The van der Waals surface area contributed by atoms with E-state index in [-0.39, 0.29) is 80.9 Å². The van der Waals surface area contributed by atoms with Gasteiger partial charge >= 0.3 is 41.7 Å². The fourth-order valence-corrected chi connectivity index (χ4v) is 3.52. The number of aliphatic imine (C=N–C) groups is 1. The topological polar surface area (TPSA) is 330 Å². The van der Waals surface area contributed by atoms with Gasteiger partial charge in [0.25, 0.3) is 5.91 Å². The van der Waals surface area contributed by atoms with E-state index in [1.165, 1.54) is 13.8 Å². The first kappa shape index (κ1) is 64.9. The SMILES string of the molecule is C.CC(C)NC(=O)C(=O)O.CC(C)NC(=O)C1=NOC(=O)C1.CC(C)OC(C)(C)C(=O)O.CC(C)OCC1=NCN=N1.CC(C)OCC1=NOC(=O)C1.CCOC(=O)C(=O)NC(C)C. The number of aliphatic carboxylic acids is 2. The van der Waals surface area contributed by atoms with E-state index in [9.17, 15) is 38.4 Å². The zero-order valence-electron chi connectivity index (χ0n) is 39.1. The number of oxime groups is 2. The predicted octanol–water partition coefficient (Wildman–Crippen LogP) is 3.34. The van der Waals surface area contributed by atoms with Crippen molar-refractivity contribution in [2.75, 3.05) is 26.5 Å². The van der Waals surface area contributed by atoms with Gasteiger partial charge in [-0.25, -0.2) is 29.0 Å². The molecule has 3 aliphatic rings. The van der Waals surface area contributed by atoms with Gasteiger partial charge in [0.05, 0.1) is 50.1 Å². The molecule has 0 spiro atoms. The van der Waals surface area contributed by atoms with Crippen molar-refractivity contribution in [1.29, 1.82) is 0 Å². The van der Waals surface area contributed by atoms with Crippen molar-refractivity contribution in [1.82, 2.24) is 16.0 Å². The number of esters is 1. The average Bonchev–Trinajstić information content (AvgIpc) is 3.93. The third-order valence-electron chi connectivity index (χ3n) is 6.05. The lowest BCUT2D eigenvalue weighted by molar-refractivity contribution is -0.165. The van der Waals surface area contributed by atoms with Crippen molar-refractivity contribution in [3.8, 4) is 0 Å². The maximum Gasteiger partial charge on any atom is 0.396 e. The third kappa shape index (κ3) is 38.0. The highest BCUT2D eigenvalue weighted by Gasteiger charge is 2.29. The second kappa shape index (κ2) is 35.7. The van der Waals surface area contributed by atoms with E-state index in [1.54, 1.807) is 34.6 Å². The van der Waals surface area contributed by atoms with Gasteiger partial charge in [-0.1, -0.05) is 17.7 Å². The molecule has 0 saturated heterocycles. The fraction of sp³-hybridized carbons (Fsp3) is 0.725. The lowest BCUT2D eigenvalue weighted by atomic mass is 10.1. The van der Waals surface area contributed by atoms with E-state index in [0.717, 1.165) is 0 Å². The summed E-state index contributed by atoms with van der Waals surface area (Å²) in [5.74, 6) is -5.24. The summed E-state index contributed by atoms with van der Waals surface area (Å²) in [6.07, 6.45) is 0.587. The normalized spacial score (nSPS) is 13.3. The Bertz CT molecular complexity index is 1600. The fourth-order valence-electron chi connectivity index (χ4n) is 3.52. The molecule has 3 aliphatic heterocycles. The van der Waals surface area contributed by atoms with Gasteiger partial charge in [0.1, 0.15) is 6.61 Å². The van der Waals surface area contributed by atoms with Crippen LogP contribution in [-0.2, 0) is 67.0 Å². The Labute approximate surface area is 375 Å². The highest BCUT2D eigenvalue weighted by molar-refractivity contribution is 6.42. The highest BCUT2D eigenvalue weighted by Crippen LogP contribution is 2.11. The molecule has 0 bridgehead atoms. The molecule has 0 unspecified atom stereocenters. The van der Waals surface area contributed by atoms with Gasteiger partial charge in [0.2, 0.25) is 0 Å². The zero-order valence-corrected chi connectivity index (χ0v) is 39.1. The molecule has 0 aromatic carbocycles. The summed E-state index contributed by atoms with van der Waals surface area (Å²) in [6.45, 7) is 28.3. The molecule has 3 amide bonds. The number of carboxylic acid groups (broad SMARTS) is 2. The summed E-state index contributed by atoms with van der Waals surface area (Å²) in [5, 5.41) is 38.1. The van der Waals surface area contributed by atoms with Gasteiger partial charge in [-0.05, 0) is 104 Å². The van der Waals surface area contributed by atoms with Gasteiger partial charge in [-0.3, -0.25) is 14.4 Å². The van der Waals surface area contributed by atoms with E-state index in [1.807, 2.05) is 55.4 Å². The second-order valence-electron chi connectivity index (χ2n) is 15.0. The number of azo groups is 1. The molecule has 24 heteroatoms. The van der Waals surface area contributed by atoms with Gasteiger partial charge in [0.15, 0.2) is 23.8 Å². The molecular formula is C40H72N8O16. The molecule has 3 rings (SSSR count). The number of nitrogens with zero attached hydrogens (tertiary/aromatic N) is 5. The number of hydrogen-bond donors (Lipinski definition) is 5. The number of carboxylic acids is 2. The summed E-state index contributed by atoms with van der Waals surface area (Å²) in [4.78, 5) is 96.6. The summed E-state index contributed by atoms with van der Waals surface area (Å²) < 4.78 is 20.0. The van der Waals surface area contributed by atoms with Crippen LogP contribution >= 0.6 is 0 Å². The molecule has 3 heterocycles. The van der Waals surface area contributed by atoms with Crippen LogP contribution in [0.2, 0.25) is 0 Å². The lowest BCUT2D eigenvalue weighted by Gasteiger charge is -2.22. The van der Waals surface area contributed by atoms with Crippen LogP contribution in [0.25, 0.3) is 0 Å². The number of ether oxygens (including phenoxy) is 4. The Balaban J connectivity index is -0.000000337. The minimum absolute atomic E-state index is 0. The molecule has 0 fully saturated rings. The molecule has 368 valence electrons. The second-order valence-corrected chi connectivity index (χ2v) is 15.0. The standard InChI is InChI=1S/C7H10N2O3.C7H11NO3.C7H13NO3.C7H14O3.C6H11N3O.C5H9NO3.CH4/c1-4(2)8-7(11)5-3-6(10)12-9-5;1-5(2)10-4-6-3-7(9)11-8-6;1-4-11-7(10)6(9)8-5(2)3;1-5(2)10-7(3,4)6(8)9;1-5(2)10-3-6-7-4-8-9-6;1-3(2)6-4(7)5(8)9;/h4H,3H2,1-2H3,(H,8,11);5H,3-4H2,1-2H3;5H,4H2,1-3H3,(H,8,9);5H,1-4H3,(H,8,9);5H,3-4H2,1-2H3;3H,1-2H3,(H,6,7)(H,8,9);1H4. The van der Waals surface area contributed by atoms with Crippen LogP contribution in [0.15, 0.2) is 25.5 Å². The van der Waals surface area contributed by atoms with Crippen molar-refractivity contribution in [3.05, 3.63) is 0 Å². The number of hydrogen-bond acceptors (Lipinski definition) is 19. The quantitative estimate of drug-likeness (QED) is 0.0947. The monoisotopic (exact) mass is 921 g/mol. The molecular weight excluding hydrogens is 848 g/mol. The molecule has 64 heavy (non-hydrogen) atoms. The van der Waals surface area contributed by atoms with Crippen LogP contribution in [0.5, 0.6) is 0 Å². The van der Waals surface area contributed by atoms with Crippen molar-refractivity contribution in [2.24, 2.45) is 25.5 Å². The molecule has 0 aromatic rings. The van der Waals surface area contributed by atoms with Crippen molar-refractivity contribution in [2.45, 2.75) is 166 Å². The number of amides is 3. The van der Waals surface area contributed by atoms with Gasteiger partial charge in [-0.15, -0.1) is 5.11 Å². The van der Waals surface area contributed by atoms with Crippen LogP contribution in [0, 0.1) is 0 Å². The Morgan fingerprint density at radius 2 is 1.19 bits per heavy atom. The van der Waals surface area contributed by atoms with Crippen LogP contribution in [0.3, 0.4) is 0 Å². The van der Waals surface area contributed by atoms with Crippen LogP contribution in [0.1, 0.15) is 124 Å². The third-order valence-corrected chi connectivity index (χ3v) is 6.05. The van der Waals surface area contributed by atoms with E-state index in [2.05, 4.69) is 55.9 Å². The Morgan fingerprint density at radius 1 is 0.703 bits per heavy atom. The summed E-state index contributed by atoms with van der Waals surface area (Å²) in [7, 11) is 0. The number of carbonyl (C=O) groups is 8. The highest BCUT2D eigenvalue weighted by atomic mass is 16.7. The molecule has 0 aromatic heterocycles. The van der Waals surface area contributed by atoms with E-state index >= 15 is 0 Å². The number of rotatable bonds is 14. The Kier molecular flexibility index (Phi) is 36.2. The lowest BCUT2D eigenvalue weighted by Crippen LogP contribution is -2.36. The molecule has 0 atom stereocenters. The molecule has 0 aliphatic carbocycles. The number of carbonyl (C=O) groups excluding carboxylic acids is 6. The van der Waals surface area contributed by atoms with Crippen LogP contribution in [-0.4, -0.2) is 144 Å². The summed E-state index contributed by atoms with van der Waals surface area (Å²) in [6, 6.07) is -0.114. The largest absolute Gasteiger partial charge is 0.479 e. The number of amidine groups is 1. The van der Waals surface area contributed by atoms with Crippen LogP contribution < -0.4 is 16.0 Å². The molecule has 0 saturated carbocycles. The Hall–Kier alpha value is -5.75. The average molecular weight is 921 g/mol. The number of nitrogens with one attached hydrogen (secondary N) is 3. The summed E-state index contributed by atoms with van der Waals surface area (Å²) >= 11 is 0. The van der Waals surface area contributed by atoms with E-state index in [0.29, 0.717) is 31.4 Å². The van der Waals surface area contributed by atoms with Crippen molar-refractivity contribution >= 4 is 64.8 Å². The minimum Gasteiger partial charge on any atom is -0.479 e. The zero-order chi connectivity index (χ0) is 49.5. The molecule has 24 nitrogen and oxygen atoms in total. The first-order valence-electron chi connectivity index (χ1n) is 19.9. The van der Waals surface area contributed by atoms with Crippen molar-refractivity contribution in [3.63, 3.8) is 0 Å². The summed E-state index contributed by atoms with van der Waals surface area (Å²) in [5.41, 5.74) is -0.244. The first-order chi connectivity index (χ1) is 29.0. The minimum atomic E-state index is -1.44. The van der Waals surface area contributed by atoms with Gasteiger partial charge in [-0.2, -0.15) is 5.11 Å². The molecule has 0 radical (unpaired) electrons. The van der Waals surface area contributed by atoms with Gasteiger partial charge < -0.3 is 54.8 Å². The molecule has 5 N–H and O–H groups in total. The Morgan fingerprint density at radius 3 is 1.52 bits per heavy atom. The van der Waals surface area contributed by atoms with Gasteiger partial charge in [0, 0.05) is 18.1 Å². The first-order valence-corrected chi connectivity index (χ1v) is 19.9.